The van der Waals surface area contributed by atoms with Gasteiger partial charge in [-0.05, 0) is 44.5 Å². The first-order chi connectivity index (χ1) is 15.8. The summed E-state index contributed by atoms with van der Waals surface area (Å²) in [4.78, 5) is 31.2. The molecule has 10 heteroatoms. The SMILES string of the molecule is CCn1c(=O)c2cnc(Nc3cnc4c(c3)CNCC4)nc2n1-c1cccc(C(C)(C)O)n1. The molecule has 0 aromatic carbocycles. The van der Waals surface area contributed by atoms with Crippen LogP contribution in [0.1, 0.15) is 37.7 Å². The van der Waals surface area contributed by atoms with Crippen LogP contribution >= 0.6 is 0 Å². The smallest absolute Gasteiger partial charge is 0.278 e. The fraction of sp³-hybridized carbons (Fsp3) is 0.348. The van der Waals surface area contributed by atoms with Crippen molar-refractivity contribution in [2.75, 3.05) is 11.9 Å². The van der Waals surface area contributed by atoms with Gasteiger partial charge < -0.3 is 15.7 Å². The number of aromatic nitrogens is 6. The third-order valence-electron chi connectivity index (χ3n) is 5.72. The highest BCUT2D eigenvalue weighted by atomic mass is 16.3. The number of nitrogens with zero attached hydrogens (tertiary/aromatic N) is 6. The predicted molar refractivity (Wildman–Crippen MR) is 125 cm³/mol. The molecule has 0 bridgehead atoms. The van der Waals surface area contributed by atoms with Gasteiger partial charge in [-0.2, -0.15) is 4.98 Å². The molecule has 170 valence electrons. The van der Waals surface area contributed by atoms with Gasteiger partial charge in [0, 0.05) is 37.9 Å². The largest absolute Gasteiger partial charge is 0.384 e. The van der Waals surface area contributed by atoms with Crippen molar-refractivity contribution in [3.05, 3.63) is 64.0 Å². The van der Waals surface area contributed by atoms with Crippen molar-refractivity contribution in [1.82, 2.24) is 34.6 Å². The van der Waals surface area contributed by atoms with Gasteiger partial charge in [0.25, 0.3) is 5.56 Å². The Morgan fingerprint density at radius 3 is 2.85 bits per heavy atom. The van der Waals surface area contributed by atoms with Crippen molar-refractivity contribution in [3.8, 4) is 5.82 Å². The van der Waals surface area contributed by atoms with E-state index in [9.17, 15) is 9.90 Å². The van der Waals surface area contributed by atoms with Gasteiger partial charge in [-0.25, -0.2) is 19.3 Å². The number of hydrogen-bond acceptors (Lipinski definition) is 8. The summed E-state index contributed by atoms with van der Waals surface area (Å²) in [5, 5.41) is 17.4. The maximum atomic E-state index is 13.0. The first-order valence-corrected chi connectivity index (χ1v) is 11.0. The Bertz CT molecular complexity index is 1400. The number of fused-ring (bicyclic) bond motifs is 2. The zero-order chi connectivity index (χ0) is 23.2. The highest BCUT2D eigenvalue weighted by molar-refractivity contribution is 5.77. The summed E-state index contributed by atoms with van der Waals surface area (Å²) in [5.74, 6) is 0.850. The molecule has 33 heavy (non-hydrogen) atoms. The van der Waals surface area contributed by atoms with Crippen LogP contribution in [0.2, 0.25) is 0 Å². The van der Waals surface area contributed by atoms with E-state index in [1.165, 1.54) is 6.20 Å². The Morgan fingerprint density at radius 1 is 1.21 bits per heavy atom. The first kappa shape index (κ1) is 21.2. The van der Waals surface area contributed by atoms with E-state index in [1.54, 1.807) is 47.6 Å². The third kappa shape index (κ3) is 3.87. The van der Waals surface area contributed by atoms with Crippen LogP contribution < -0.4 is 16.2 Å². The number of rotatable bonds is 5. The van der Waals surface area contributed by atoms with Crippen LogP contribution in [0.15, 0.2) is 41.5 Å². The second kappa shape index (κ2) is 8.05. The Hall–Kier alpha value is -3.63. The van der Waals surface area contributed by atoms with E-state index in [2.05, 4.69) is 30.6 Å². The molecular weight excluding hydrogens is 420 g/mol. The summed E-state index contributed by atoms with van der Waals surface area (Å²) in [6, 6.07) is 7.39. The summed E-state index contributed by atoms with van der Waals surface area (Å²) in [5.41, 5.74) is 2.65. The van der Waals surface area contributed by atoms with Gasteiger partial charge in [0.15, 0.2) is 11.5 Å². The zero-order valence-corrected chi connectivity index (χ0v) is 18.8. The number of hydrogen-bond donors (Lipinski definition) is 3. The number of anilines is 2. The van der Waals surface area contributed by atoms with Gasteiger partial charge in [0.1, 0.15) is 11.0 Å². The Kier molecular flexibility index (Phi) is 5.18. The van der Waals surface area contributed by atoms with Crippen LogP contribution in [0.3, 0.4) is 0 Å². The molecule has 0 amide bonds. The van der Waals surface area contributed by atoms with Crippen LogP contribution in [0.5, 0.6) is 0 Å². The van der Waals surface area contributed by atoms with Crippen molar-refractivity contribution in [2.24, 2.45) is 0 Å². The molecule has 0 radical (unpaired) electrons. The van der Waals surface area contributed by atoms with E-state index < -0.39 is 5.60 Å². The van der Waals surface area contributed by atoms with Crippen molar-refractivity contribution < 1.29 is 5.11 Å². The van der Waals surface area contributed by atoms with Crippen molar-refractivity contribution >= 4 is 22.7 Å². The average molecular weight is 447 g/mol. The van der Waals surface area contributed by atoms with Crippen LogP contribution in [-0.4, -0.2) is 41.0 Å². The Balaban J connectivity index is 1.60. The van der Waals surface area contributed by atoms with Gasteiger partial charge >= 0.3 is 0 Å². The fourth-order valence-corrected chi connectivity index (χ4v) is 4.03. The maximum Gasteiger partial charge on any atom is 0.278 e. The normalized spacial score (nSPS) is 13.8. The summed E-state index contributed by atoms with van der Waals surface area (Å²) in [7, 11) is 0. The molecule has 10 nitrogen and oxygen atoms in total. The lowest BCUT2D eigenvalue weighted by molar-refractivity contribution is 0.0738. The first-order valence-electron chi connectivity index (χ1n) is 11.0. The number of aliphatic hydroxyl groups is 1. The number of nitrogens with one attached hydrogen (secondary N) is 2. The molecule has 4 aromatic rings. The molecule has 4 aromatic heterocycles. The monoisotopic (exact) mass is 446 g/mol. The lowest BCUT2D eigenvalue weighted by Crippen LogP contribution is -2.24. The second-order valence-electron chi connectivity index (χ2n) is 8.59. The third-order valence-corrected chi connectivity index (χ3v) is 5.72. The molecule has 0 atom stereocenters. The summed E-state index contributed by atoms with van der Waals surface area (Å²) < 4.78 is 3.24. The minimum absolute atomic E-state index is 0.198. The fourth-order valence-electron chi connectivity index (χ4n) is 4.03. The summed E-state index contributed by atoms with van der Waals surface area (Å²) >= 11 is 0. The van der Waals surface area contributed by atoms with E-state index >= 15 is 0 Å². The van der Waals surface area contributed by atoms with Crippen molar-refractivity contribution in [2.45, 2.75) is 45.9 Å². The van der Waals surface area contributed by atoms with Crippen LogP contribution in [-0.2, 0) is 25.1 Å². The molecule has 0 unspecified atom stereocenters. The summed E-state index contributed by atoms with van der Waals surface area (Å²) in [6.07, 6.45) is 4.21. The van der Waals surface area contributed by atoms with Gasteiger partial charge in [0.05, 0.1) is 17.6 Å². The quantitative estimate of drug-likeness (QED) is 0.425. The van der Waals surface area contributed by atoms with E-state index in [0.29, 0.717) is 35.0 Å². The molecule has 0 saturated heterocycles. The lowest BCUT2D eigenvalue weighted by atomic mass is 10.1. The lowest BCUT2D eigenvalue weighted by Gasteiger charge is -2.18. The van der Waals surface area contributed by atoms with Gasteiger partial charge in [-0.1, -0.05) is 6.07 Å². The molecule has 1 aliphatic rings. The molecular formula is C23H26N8O2. The molecule has 5 heterocycles. The second-order valence-corrected chi connectivity index (χ2v) is 8.59. The molecule has 0 saturated carbocycles. The minimum Gasteiger partial charge on any atom is -0.384 e. The van der Waals surface area contributed by atoms with Crippen LogP contribution in [0.25, 0.3) is 16.9 Å². The van der Waals surface area contributed by atoms with Gasteiger partial charge in [-0.15, -0.1) is 0 Å². The van der Waals surface area contributed by atoms with Crippen molar-refractivity contribution in [3.63, 3.8) is 0 Å². The van der Waals surface area contributed by atoms with E-state index in [-0.39, 0.29) is 5.56 Å². The Morgan fingerprint density at radius 2 is 2.06 bits per heavy atom. The van der Waals surface area contributed by atoms with E-state index in [1.807, 2.05) is 13.0 Å². The maximum absolute atomic E-state index is 13.0. The summed E-state index contributed by atoms with van der Waals surface area (Å²) in [6.45, 7) is 7.36. The molecule has 3 N–H and O–H groups in total. The van der Waals surface area contributed by atoms with Gasteiger partial charge in [-0.3, -0.25) is 9.78 Å². The molecule has 0 spiro atoms. The highest BCUT2D eigenvalue weighted by Gasteiger charge is 2.21. The van der Waals surface area contributed by atoms with Crippen LogP contribution in [0, 0.1) is 0 Å². The van der Waals surface area contributed by atoms with E-state index in [4.69, 9.17) is 0 Å². The number of pyridine rings is 2. The molecule has 1 aliphatic heterocycles. The average Bonchev–Trinajstić information content (AvgIpc) is 3.09. The Labute approximate surface area is 190 Å². The van der Waals surface area contributed by atoms with Crippen molar-refractivity contribution in [1.29, 1.82) is 0 Å². The minimum atomic E-state index is -1.12. The van der Waals surface area contributed by atoms with Crippen LogP contribution in [0.4, 0.5) is 11.6 Å². The predicted octanol–water partition coefficient (Wildman–Crippen LogP) is 2.01. The zero-order valence-electron chi connectivity index (χ0n) is 18.8. The standard InChI is InChI=1S/C23H26N8O2/c1-4-30-21(32)16-13-26-22(27-15-10-14-11-24-9-8-17(14)25-12-15)29-20(16)31(30)19-7-5-6-18(28-19)23(2,3)33/h5-7,10,12-13,24,33H,4,8-9,11H2,1-3H3,(H,26,27,29). The highest BCUT2D eigenvalue weighted by Crippen LogP contribution is 2.22. The van der Waals surface area contributed by atoms with E-state index in [0.717, 1.165) is 36.5 Å². The molecule has 0 aliphatic carbocycles. The topological polar surface area (TPSA) is 123 Å². The van der Waals surface area contributed by atoms with Gasteiger partial charge in [0.2, 0.25) is 5.95 Å². The molecule has 0 fully saturated rings. The molecule has 5 rings (SSSR count).